The van der Waals surface area contributed by atoms with Gasteiger partial charge >= 0.3 is 0 Å². The van der Waals surface area contributed by atoms with Crippen molar-refractivity contribution in [3.63, 3.8) is 0 Å². The second-order valence-corrected chi connectivity index (χ2v) is 5.80. The first-order valence-corrected chi connectivity index (χ1v) is 7.89. The molecule has 0 radical (unpaired) electrons. The van der Waals surface area contributed by atoms with Crippen LogP contribution in [-0.4, -0.2) is 53.9 Å². The Morgan fingerprint density at radius 3 is 2.74 bits per heavy atom. The Morgan fingerprint density at radius 2 is 2.09 bits per heavy atom. The van der Waals surface area contributed by atoms with Crippen LogP contribution in [0, 0.1) is 0 Å². The molecule has 2 aromatic rings. The maximum Gasteiger partial charge on any atom is 0.244 e. The van der Waals surface area contributed by atoms with Crippen LogP contribution in [0.1, 0.15) is 0 Å². The van der Waals surface area contributed by atoms with E-state index in [-0.39, 0.29) is 5.91 Å². The van der Waals surface area contributed by atoms with E-state index < -0.39 is 0 Å². The van der Waals surface area contributed by atoms with E-state index in [0.717, 1.165) is 18.8 Å². The SMILES string of the molecule is COc1cc(N2CCN(C(=O)Cn3cccn3)CC2)ccc1Cl. The lowest BCUT2D eigenvalue weighted by molar-refractivity contribution is -0.132. The van der Waals surface area contributed by atoms with Crippen molar-refractivity contribution in [3.05, 3.63) is 41.7 Å². The third-order valence-electron chi connectivity index (χ3n) is 3.99. The molecule has 1 aromatic heterocycles. The van der Waals surface area contributed by atoms with Crippen LogP contribution in [0.5, 0.6) is 5.75 Å². The van der Waals surface area contributed by atoms with E-state index in [1.807, 2.05) is 29.2 Å². The number of hydrogen-bond acceptors (Lipinski definition) is 4. The number of piperazine rings is 1. The van der Waals surface area contributed by atoms with Crippen molar-refractivity contribution in [2.75, 3.05) is 38.2 Å². The van der Waals surface area contributed by atoms with Crippen molar-refractivity contribution in [2.24, 2.45) is 0 Å². The van der Waals surface area contributed by atoms with Crippen molar-refractivity contribution >= 4 is 23.2 Å². The van der Waals surface area contributed by atoms with Crippen molar-refractivity contribution in [1.29, 1.82) is 0 Å². The number of nitrogens with zero attached hydrogens (tertiary/aromatic N) is 4. The third kappa shape index (κ3) is 3.59. The number of anilines is 1. The number of amides is 1. The van der Waals surface area contributed by atoms with Crippen molar-refractivity contribution in [2.45, 2.75) is 6.54 Å². The first-order valence-electron chi connectivity index (χ1n) is 7.51. The van der Waals surface area contributed by atoms with Gasteiger partial charge in [-0.3, -0.25) is 9.48 Å². The average Bonchev–Trinajstić information content (AvgIpc) is 3.08. The third-order valence-corrected chi connectivity index (χ3v) is 4.30. The maximum atomic E-state index is 12.3. The molecular formula is C16H19ClN4O2. The molecule has 0 atom stereocenters. The van der Waals surface area contributed by atoms with Gasteiger partial charge in [-0.1, -0.05) is 11.6 Å². The number of aromatic nitrogens is 2. The van der Waals surface area contributed by atoms with Gasteiger partial charge in [-0.05, 0) is 18.2 Å². The molecule has 0 N–H and O–H groups in total. The molecule has 2 heterocycles. The van der Waals surface area contributed by atoms with E-state index in [2.05, 4.69) is 10.00 Å². The summed E-state index contributed by atoms with van der Waals surface area (Å²) in [6.07, 6.45) is 3.48. The van der Waals surface area contributed by atoms with Crippen molar-refractivity contribution in [1.82, 2.24) is 14.7 Å². The van der Waals surface area contributed by atoms with Gasteiger partial charge in [0.2, 0.25) is 5.91 Å². The molecule has 1 aliphatic rings. The lowest BCUT2D eigenvalue weighted by Crippen LogP contribution is -2.49. The summed E-state index contributed by atoms with van der Waals surface area (Å²) in [6, 6.07) is 7.57. The Bertz CT molecular complexity index is 667. The smallest absolute Gasteiger partial charge is 0.244 e. The number of rotatable bonds is 4. The van der Waals surface area contributed by atoms with Gasteiger partial charge in [0.1, 0.15) is 12.3 Å². The van der Waals surface area contributed by atoms with Crippen LogP contribution in [0.4, 0.5) is 5.69 Å². The highest BCUT2D eigenvalue weighted by molar-refractivity contribution is 6.32. The molecule has 3 rings (SSSR count). The fraction of sp³-hybridized carbons (Fsp3) is 0.375. The number of benzene rings is 1. The fourth-order valence-corrected chi connectivity index (χ4v) is 2.89. The predicted octanol–water partition coefficient (Wildman–Crippen LogP) is 1.89. The van der Waals surface area contributed by atoms with Gasteiger partial charge < -0.3 is 14.5 Å². The molecule has 0 saturated carbocycles. The Morgan fingerprint density at radius 1 is 1.30 bits per heavy atom. The van der Waals surface area contributed by atoms with Crippen LogP contribution in [-0.2, 0) is 11.3 Å². The summed E-state index contributed by atoms with van der Waals surface area (Å²) in [7, 11) is 1.61. The molecule has 0 bridgehead atoms. The molecule has 23 heavy (non-hydrogen) atoms. The summed E-state index contributed by atoms with van der Waals surface area (Å²) in [4.78, 5) is 16.4. The lowest BCUT2D eigenvalue weighted by atomic mass is 10.2. The van der Waals surface area contributed by atoms with E-state index >= 15 is 0 Å². The van der Waals surface area contributed by atoms with Gasteiger partial charge in [-0.25, -0.2) is 0 Å². The minimum absolute atomic E-state index is 0.0991. The minimum Gasteiger partial charge on any atom is -0.495 e. The molecule has 0 unspecified atom stereocenters. The number of methoxy groups -OCH3 is 1. The second kappa shape index (κ2) is 6.91. The molecule has 0 aliphatic carbocycles. The van der Waals surface area contributed by atoms with Crippen molar-refractivity contribution in [3.8, 4) is 5.75 Å². The molecule has 1 amide bonds. The molecule has 1 fully saturated rings. The van der Waals surface area contributed by atoms with E-state index in [9.17, 15) is 4.79 Å². The minimum atomic E-state index is 0.0991. The molecule has 1 aliphatic heterocycles. The Balaban J connectivity index is 1.59. The largest absolute Gasteiger partial charge is 0.495 e. The fourth-order valence-electron chi connectivity index (χ4n) is 2.69. The molecule has 1 aromatic carbocycles. The zero-order valence-electron chi connectivity index (χ0n) is 13.0. The van der Waals surface area contributed by atoms with Crippen LogP contribution < -0.4 is 9.64 Å². The van der Waals surface area contributed by atoms with Gasteiger partial charge in [-0.15, -0.1) is 0 Å². The van der Waals surface area contributed by atoms with Crippen LogP contribution >= 0.6 is 11.6 Å². The van der Waals surface area contributed by atoms with Crippen LogP contribution in [0.25, 0.3) is 0 Å². The number of carbonyl (C=O) groups excluding carboxylic acids is 1. The van der Waals surface area contributed by atoms with Crippen molar-refractivity contribution < 1.29 is 9.53 Å². The topological polar surface area (TPSA) is 50.6 Å². The number of ether oxygens (including phenoxy) is 1. The monoisotopic (exact) mass is 334 g/mol. The Labute approximate surface area is 140 Å². The molecule has 122 valence electrons. The molecule has 0 spiro atoms. The summed E-state index contributed by atoms with van der Waals surface area (Å²) < 4.78 is 6.91. The number of halogens is 1. The molecular weight excluding hydrogens is 316 g/mol. The predicted molar refractivity (Wildman–Crippen MR) is 89.0 cm³/mol. The van der Waals surface area contributed by atoms with Crippen LogP contribution in [0.15, 0.2) is 36.7 Å². The van der Waals surface area contributed by atoms with Gasteiger partial charge in [0, 0.05) is 50.3 Å². The Kier molecular flexibility index (Phi) is 4.71. The zero-order valence-corrected chi connectivity index (χ0v) is 13.7. The van der Waals surface area contributed by atoms with E-state index in [1.54, 1.807) is 24.2 Å². The lowest BCUT2D eigenvalue weighted by Gasteiger charge is -2.36. The van der Waals surface area contributed by atoms with E-state index in [0.29, 0.717) is 30.4 Å². The quantitative estimate of drug-likeness (QED) is 0.857. The zero-order chi connectivity index (χ0) is 16.2. The highest BCUT2D eigenvalue weighted by atomic mass is 35.5. The summed E-state index contributed by atoms with van der Waals surface area (Å²) in [6.45, 7) is 3.27. The van der Waals surface area contributed by atoms with Gasteiger partial charge in [0.25, 0.3) is 0 Å². The van der Waals surface area contributed by atoms with Gasteiger partial charge in [-0.2, -0.15) is 5.10 Å². The molecule has 7 heteroatoms. The highest BCUT2D eigenvalue weighted by Gasteiger charge is 2.22. The Hall–Kier alpha value is -2.21. The van der Waals surface area contributed by atoms with Gasteiger partial charge in [0.05, 0.1) is 12.1 Å². The van der Waals surface area contributed by atoms with E-state index in [4.69, 9.17) is 16.3 Å². The first-order chi connectivity index (χ1) is 11.2. The standard InChI is InChI=1S/C16H19ClN4O2/c1-23-15-11-13(3-4-14(15)17)19-7-9-20(10-8-19)16(22)12-21-6-2-5-18-21/h2-6,11H,7-10,12H2,1H3. The summed E-state index contributed by atoms with van der Waals surface area (Å²) in [5.74, 6) is 0.767. The second-order valence-electron chi connectivity index (χ2n) is 5.39. The number of hydrogen-bond donors (Lipinski definition) is 0. The average molecular weight is 335 g/mol. The first kappa shape index (κ1) is 15.7. The maximum absolute atomic E-state index is 12.3. The molecule has 6 nitrogen and oxygen atoms in total. The van der Waals surface area contributed by atoms with Crippen LogP contribution in [0.3, 0.4) is 0 Å². The summed E-state index contributed by atoms with van der Waals surface area (Å²) in [5, 5.41) is 4.67. The van der Waals surface area contributed by atoms with Gasteiger partial charge in [0.15, 0.2) is 0 Å². The summed E-state index contributed by atoms with van der Waals surface area (Å²) in [5.41, 5.74) is 1.06. The number of carbonyl (C=O) groups is 1. The highest BCUT2D eigenvalue weighted by Crippen LogP contribution is 2.29. The summed E-state index contributed by atoms with van der Waals surface area (Å²) >= 11 is 6.06. The molecule has 1 saturated heterocycles. The normalized spacial score (nSPS) is 14.9. The van der Waals surface area contributed by atoms with E-state index in [1.165, 1.54) is 0 Å². The van der Waals surface area contributed by atoms with Crippen LogP contribution in [0.2, 0.25) is 5.02 Å².